The number of aromatic nitrogens is 5. The maximum Gasteiger partial charge on any atom is 0.269 e. The van der Waals surface area contributed by atoms with Crippen LogP contribution in [0, 0.1) is 17.0 Å². The third-order valence-corrected chi connectivity index (χ3v) is 7.72. The summed E-state index contributed by atoms with van der Waals surface area (Å²) in [5, 5.41) is 24.7. The van der Waals surface area contributed by atoms with Gasteiger partial charge in [-0.15, -0.1) is 5.10 Å². The standard InChI is InChI=1S/C27H30N8O4/c1-18-4-2-5-19-16-23(27(36)28-24(18)19)25(26-29-30-31-34(26)17-22-6-3-15-39-22)33-13-11-32(12-14-33)20-7-9-21(10-8-20)35(37)38/h2,4-5,7-10,16,22,25H,3,6,11-15,17H2,1H3,(H,28,36)/t22-,25-/m1/s1. The van der Waals surface area contributed by atoms with E-state index in [0.29, 0.717) is 44.1 Å². The molecule has 2 saturated heterocycles. The molecule has 2 aromatic heterocycles. The minimum absolute atomic E-state index is 0.0458. The second kappa shape index (κ2) is 10.5. The predicted molar refractivity (Wildman–Crippen MR) is 145 cm³/mol. The number of non-ortho nitro benzene ring substituents is 1. The third kappa shape index (κ3) is 5.00. The number of hydrogen-bond donors (Lipinski definition) is 1. The van der Waals surface area contributed by atoms with Gasteiger partial charge >= 0.3 is 0 Å². The number of nitro benzene ring substituents is 1. The van der Waals surface area contributed by atoms with E-state index in [1.807, 2.05) is 31.2 Å². The molecule has 39 heavy (non-hydrogen) atoms. The number of hydrogen-bond acceptors (Lipinski definition) is 9. The molecular formula is C27H30N8O4. The Hall–Kier alpha value is -4.16. The van der Waals surface area contributed by atoms with Crippen LogP contribution in [0.4, 0.5) is 11.4 Å². The molecule has 2 aromatic carbocycles. The van der Waals surface area contributed by atoms with E-state index < -0.39 is 11.0 Å². The molecule has 0 spiro atoms. The Morgan fingerprint density at radius 1 is 1.15 bits per heavy atom. The molecule has 2 aliphatic rings. The number of H-pyrrole nitrogens is 1. The highest BCUT2D eigenvalue weighted by atomic mass is 16.6. The molecule has 2 aliphatic heterocycles. The van der Waals surface area contributed by atoms with Crippen molar-refractivity contribution < 1.29 is 9.66 Å². The zero-order valence-electron chi connectivity index (χ0n) is 21.7. The highest BCUT2D eigenvalue weighted by molar-refractivity contribution is 5.82. The number of aromatic amines is 1. The molecule has 202 valence electrons. The minimum atomic E-state index is -0.450. The van der Waals surface area contributed by atoms with Gasteiger partial charge in [0.05, 0.1) is 23.1 Å². The van der Waals surface area contributed by atoms with Gasteiger partial charge in [0.15, 0.2) is 5.82 Å². The van der Waals surface area contributed by atoms with Crippen molar-refractivity contribution >= 4 is 22.3 Å². The summed E-state index contributed by atoms with van der Waals surface area (Å²) >= 11 is 0. The van der Waals surface area contributed by atoms with Crippen LogP contribution in [-0.2, 0) is 11.3 Å². The zero-order chi connectivity index (χ0) is 26.9. The van der Waals surface area contributed by atoms with Crippen LogP contribution in [0.1, 0.15) is 35.8 Å². The predicted octanol–water partition coefficient (Wildman–Crippen LogP) is 2.82. The monoisotopic (exact) mass is 530 g/mol. The van der Waals surface area contributed by atoms with Crippen LogP contribution in [0.25, 0.3) is 10.9 Å². The van der Waals surface area contributed by atoms with Crippen molar-refractivity contribution in [3.8, 4) is 0 Å². The lowest BCUT2D eigenvalue weighted by molar-refractivity contribution is -0.384. The number of piperazine rings is 1. The Morgan fingerprint density at radius 2 is 1.95 bits per heavy atom. The normalized spacial score (nSPS) is 19.0. The second-order valence-corrected chi connectivity index (χ2v) is 10.1. The van der Waals surface area contributed by atoms with Gasteiger partial charge in [-0.2, -0.15) is 0 Å². The zero-order valence-corrected chi connectivity index (χ0v) is 21.7. The van der Waals surface area contributed by atoms with Crippen LogP contribution in [-0.4, -0.2) is 73.9 Å². The number of para-hydroxylation sites is 1. The number of anilines is 1. The van der Waals surface area contributed by atoms with Crippen LogP contribution in [0.15, 0.2) is 53.3 Å². The Kier molecular flexibility index (Phi) is 6.79. The largest absolute Gasteiger partial charge is 0.376 e. The lowest BCUT2D eigenvalue weighted by atomic mass is 10.0. The van der Waals surface area contributed by atoms with Crippen molar-refractivity contribution in [1.29, 1.82) is 0 Å². The van der Waals surface area contributed by atoms with Crippen molar-refractivity contribution in [3.05, 3.63) is 86.0 Å². The maximum atomic E-state index is 13.5. The third-order valence-electron chi connectivity index (χ3n) is 7.72. The van der Waals surface area contributed by atoms with Crippen molar-refractivity contribution in [1.82, 2.24) is 30.1 Å². The first-order chi connectivity index (χ1) is 19.0. The van der Waals surface area contributed by atoms with Gasteiger partial charge in [0.2, 0.25) is 0 Å². The molecule has 0 radical (unpaired) electrons. The number of nitro groups is 1. The molecule has 4 aromatic rings. The van der Waals surface area contributed by atoms with Crippen molar-refractivity contribution in [2.24, 2.45) is 0 Å². The smallest absolute Gasteiger partial charge is 0.269 e. The van der Waals surface area contributed by atoms with Gasteiger partial charge in [-0.25, -0.2) is 4.68 Å². The van der Waals surface area contributed by atoms with E-state index in [1.165, 1.54) is 12.1 Å². The molecule has 1 N–H and O–H groups in total. The molecule has 2 atom stereocenters. The number of fused-ring (bicyclic) bond motifs is 1. The van der Waals surface area contributed by atoms with Crippen LogP contribution in [0.2, 0.25) is 0 Å². The summed E-state index contributed by atoms with van der Waals surface area (Å²) in [7, 11) is 0. The number of ether oxygens (including phenoxy) is 1. The molecule has 0 bridgehead atoms. The topological polar surface area (TPSA) is 135 Å². The number of tetrazole rings is 1. The van der Waals surface area contributed by atoms with Crippen molar-refractivity contribution in [3.63, 3.8) is 0 Å². The van der Waals surface area contributed by atoms with Crippen molar-refractivity contribution in [2.45, 2.75) is 38.5 Å². The number of aryl methyl sites for hydroxylation is 1. The summed E-state index contributed by atoms with van der Waals surface area (Å²) < 4.78 is 7.63. The van der Waals surface area contributed by atoms with Gasteiger partial charge in [0.25, 0.3) is 11.2 Å². The summed E-state index contributed by atoms with van der Waals surface area (Å²) in [6.07, 6.45) is 2.01. The number of benzene rings is 2. The van der Waals surface area contributed by atoms with Crippen LogP contribution >= 0.6 is 0 Å². The Bertz CT molecular complexity index is 1540. The highest BCUT2D eigenvalue weighted by Crippen LogP contribution is 2.30. The fourth-order valence-electron chi connectivity index (χ4n) is 5.64. The maximum absolute atomic E-state index is 13.5. The first kappa shape index (κ1) is 25.1. The van der Waals surface area contributed by atoms with E-state index in [0.717, 1.165) is 41.6 Å². The van der Waals surface area contributed by atoms with E-state index in [4.69, 9.17) is 4.74 Å². The van der Waals surface area contributed by atoms with Crippen molar-refractivity contribution in [2.75, 3.05) is 37.7 Å². The average Bonchev–Trinajstić information content (AvgIpc) is 3.63. The molecule has 6 rings (SSSR count). The summed E-state index contributed by atoms with van der Waals surface area (Å²) in [6, 6.07) is 14.1. The second-order valence-electron chi connectivity index (χ2n) is 10.1. The molecule has 12 heteroatoms. The van der Waals surface area contributed by atoms with Gasteiger partial charge < -0.3 is 14.6 Å². The van der Waals surface area contributed by atoms with Crippen LogP contribution < -0.4 is 10.5 Å². The van der Waals surface area contributed by atoms with Gasteiger partial charge in [-0.1, -0.05) is 18.2 Å². The molecule has 4 heterocycles. The van der Waals surface area contributed by atoms with E-state index in [9.17, 15) is 14.9 Å². The van der Waals surface area contributed by atoms with Gasteiger partial charge in [-0.3, -0.25) is 19.8 Å². The first-order valence-corrected chi connectivity index (χ1v) is 13.2. The fraction of sp³-hybridized carbons (Fsp3) is 0.407. The Morgan fingerprint density at radius 3 is 2.67 bits per heavy atom. The van der Waals surface area contributed by atoms with Gasteiger partial charge in [-0.05, 0) is 59.3 Å². The highest BCUT2D eigenvalue weighted by Gasteiger charge is 2.33. The number of nitrogens with zero attached hydrogens (tertiary/aromatic N) is 7. The SMILES string of the molecule is Cc1cccc2cc([C@H](c3nnnn3C[C@H]3CCCO3)N3CCN(c4ccc([N+](=O)[O-])cc4)CC3)c(=O)[nH]c12. The molecule has 0 unspecified atom stereocenters. The lowest BCUT2D eigenvalue weighted by Gasteiger charge is -2.39. The van der Waals surface area contributed by atoms with Gasteiger partial charge in [0.1, 0.15) is 6.04 Å². The summed E-state index contributed by atoms with van der Waals surface area (Å²) in [5.74, 6) is 0.617. The summed E-state index contributed by atoms with van der Waals surface area (Å²) in [5.41, 5.74) is 3.27. The van der Waals surface area contributed by atoms with E-state index in [-0.39, 0.29) is 17.4 Å². The molecule has 0 aliphatic carbocycles. The number of nitrogens with one attached hydrogen (secondary N) is 1. The molecule has 0 amide bonds. The molecular weight excluding hydrogens is 500 g/mol. The Labute approximate surface area is 224 Å². The molecule has 2 fully saturated rings. The molecule has 12 nitrogen and oxygen atoms in total. The van der Waals surface area contributed by atoms with E-state index in [1.54, 1.807) is 16.8 Å². The quantitative estimate of drug-likeness (QED) is 0.283. The van der Waals surface area contributed by atoms with Crippen LogP contribution in [0.3, 0.4) is 0 Å². The van der Waals surface area contributed by atoms with Gasteiger partial charge in [0, 0.05) is 56.2 Å². The minimum Gasteiger partial charge on any atom is -0.376 e. The molecule has 0 saturated carbocycles. The summed E-state index contributed by atoms with van der Waals surface area (Å²) in [4.78, 5) is 31.7. The van der Waals surface area contributed by atoms with E-state index in [2.05, 4.69) is 30.3 Å². The first-order valence-electron chi connectivity index (χ1n) is 13.2. The lowest BCUT2D eigenvalue weighted by Crippen LogP contribution is -2.49. The summed E-state index contributed by atoms with van der Waals surface area (Å²) in [6.45, 7) is 5.93. The average molecular weight is 531 g/mol. The van der Waals surface area contributed by atoms with Crippen LogP contribution in [0.5, 0.6) is 0 Å². The fourth-order valence-corrected chi connectivity index (χ4v) is 5.64. The number of pyridine rings is 1. The van der Waals surface area contributed by atoms with E-state index >= 15 is 0 Å². The Balaban J connectivity index is 1.33. The number of rotatable bonds is 7.